The first-order valence-corrected chi connectivity index (χ1v) is 7.69. The topological polar surface area (TPSA) is 55.1 Å². The number of nitrogens with zero attached hydrogens (tertiary/aromatic N) is 2. The summed E-state index contributed by atoms with van der Waals surface area (Å²) in [6, 6.07) is 9.69. The molecule has 1 heterocycles. The van der Waals surface area contributed by atoms with Crippen LogP contribution in [0.3, 0.4) is 0 Å². The summed E-state index contributed by atoms with van der Waals surface area (Å²) in [6.45, 7) is 2.53. The SMILES string of the molecule is CCCc1nc(COc2cccc(OC)c2)sc1CC#N. The van der Waals surface area contributed by atoms with E-state index in [1.165, 1.54) is 0 Å². The Kier molecular flexibility index (Phi) is 5.59. The molecule has 0 saturated carbocycles. The molecule has 0 aliphatic carbocycles. The first-order valence-electron chi connectivity index (χ1n) is 6.88. The van der Waals surface area contributed by atoms with E-state index in [1.807, 2.05) is 24.3 Å². The molecule has 1 aromatic carbocycles. The maximum absolute atomic E-state index is 8.87. The van der Waals surface area contributed by atoms with Crippen molar-refractivity contribution in [2.24, 2.45) is 0 Å². The van der Waals surface area contributed by atoms with Crippen LogP contribution in [0.4, 0.5) is 0 Å². The number of hydrogen-bond acceptors (Lipinski definition) is 5. The average molecular weight is 302 g/mol. The second kappa shape index (κ2) is 7.65. The number of methoxy groups -OCH3 is 1. The van der Waals surface area contributed by atoms with Crippen LogP contribution in [0.15, 0.2) is 24.3 Å². The molecule has 5 heteroatoms. The summed E-state index contributed by atoms with van der Waals surface area (Å²) in [5, 5.41) is 9.78. The first kappa shape index (κ1) is 15.3. The normalized spacial score (nSPS) is 10.1. The Labute approximate surface area is 129 Å². The first-order chi connectivity index (χ1) is 10.3. The maximum atomic E-state index is 8.87. The molecule has 0 bridgehead atoms. The third-order valence-electron chi connectivity index (χ3n) is 2.95. The number of ether oxygens (including phenoxy) is 2. The minimum atomic E-state index is 0.417. The van der Waals surface area contributed by atoms with Gasteiger partial charge in [0.2, 0.25) is 0 Å². The second-order valence-electron chi connectivity index (χ2n) is 4.53. The van der Waals surface area contributed by atoms with Gasteiger partial charge in [0.25, 0.3) is 0 Å². The van der Waals surface area contributed by atoms with E-state index >= 15 is 0 Å². The van der Waals surface area contributed by atoms with Gasteiger partial charge in [0.05, 0.1) is 25.3 Å². The summed E-state index contributed by atoms with van der Waals surface area (Å²) >= 11 is 1.56. The summed E-state index contributed by atoms with van der Waals surface area (Å²) in [6.07, 6.45) is 2.36. The predicted molar refractivity (Wildman–Crippen MR) is 82.8 cm³/mol. The van der Waals surface area contributed by atoms with Crippen molar-refractivity contribution >= 4 is 11.3 Å². The largest absolute Gasteiger partial charge is 0.497 e. The van der Waals surface area contributed by atoms with Gasteiger partial charge in [-0.05, 0) is 18.6 Å². The van der Waals surface area contributed by atoms with Crippen molar-refractivity contribution in [3.05, 3.63) is 39.8 Å². The van der Waals surface area contributed by atoms with Crippen molar-refractivity contribution in [3.63, 3.8) is 0 Å². The molecule has 0 saturated heterocycles. The standard InChI is InChI=1S/C16H18N2O2S/c1-3-5-14-15(8-9-17)21-16(18-14)11-20-13-7-4-6-12(10-13)19-2/h4,6-7,10H,3,5,8,11H2,1-2H3. The van der Waals surface area contributed by atoms with Gasteiger partial charge in [0, 0.05) is 10.9 Å². The highest BCUT2D eigenvalue weighted by Crippen LogP contribution is 2.24. The Balaban J connectivity index is 2.05. The van der Waals surface area contributed by atoms with Gasteiger partial charge in [0.1, 0.15) is 23.1 Å². The van der Waals surface area contributed by atoms with Gasteiger partial charge in [-0.1, -0.05) is 19.4 Å². The molecule has 1 aromatic heterocycles. The van der Waals surface area contributed by atoms with E-state index < -0.39 is 0 Å². The van der Waals surface area contributed by atoms with E-state index in [9.17, 15) is 0 Å². The molecule has 110 valence electrons. The minimum Gasteiger partial charge on any atom is -0.497 e. The molecule has 0 aliphatic rings. The molecule has 0 unspecified atom stereocenters. The number of nitriles is 1. The summed E-state index contributed by atoms with van der Waals surface area (Å²) in [4.78, 5) is 5.65. The lowest BCUT2D eigenvalue weighted by atomic mass is 10.2. The van der Waals surface area contributed by atoms with Crippen LogP contribution in [0.1, 0.15) is 28.9 Å². The Morgan fingerprint density at radius 1 is 1.33 bits per heavy atom. The summed E-state index contributed by atoms with van der Waals surface area (Å²) in [5.74, 6) is 1.52. The van der Waals surface area contributed by atoms with Crippen LogP contribution in [-0.4, -0.2) is 12.1 Å². The molecule has 0 fully saturated rings. The van der Waals surface area contributed by atoms with E-state index in [-0.39, 0.29) is 0 Å². The van der Waals surface area contributed by atoms with Gasteiger partial charge in [-0.25, -0.2) is 4.98 Å². The minimum absolute atomic E-state index is 0.417. The van der Waals surface area contributed by atoms with Crippen molar-refractivity contribution in [2.45, 2.75) is 32.8 Å². The Bertz CT molecular complexity index is 631. The van der Waals surface area contributed by atoms with Crippen LogP contribution in [-0.2, 0) is 19.4 Å². The molecule has 0 spiro atoms. The second-order valence-corrected chi connectivity index (χ2v) is 5.70. The third-order valence-corrected chi connectivity index (χ3v) is 4.02. The molecule has 0 atom stereocenters. The van der Waals surface area contributed by atoms with Crippen LogP contribution >= 0.6 is 11.3 Å². The van der Waals surface area contributed by atoms with Gasteiger partial charge in [0.15, 0.2) is 0 Å². The molecular formula is C16H18N2O2S. The lowest BCUT2D eigenvalue weighted by Crippen LogP contribution is -1.96. The molecule has 2 rings (SSSR count). The van der Waals surface area contributed by atoms with E-state index in [2.05, 4.69) is 18.0 Å². The lowest BCUT2D eigenvalue weighted by Gasteiger charge is -2.05. The molecule has 2 aromatic rings. The number of rotatable bonds is 7. The fourth-order valence-electron chi connectivity index (χ4n) is 1.98. The quantitative estimate of drug-likeness (QED) is 0.781. The van der Waals surface area contributed by atoms with Crippen LogP contribution in [0.5, 0.6) is 11.5 Å². The van der Waals surface area contributed by atoms with Crippen molar-refractivity contribution < 1.29 is 9.47 Å². The molecule has 0 radical (unpaired) electrons. The maximum Gasteiger partial charge on any atom is 0.140 e. The predicted octanol–water partition coefficient (Wildman–Crippen LogP) is 3.75. The van der Waals surface area contributed by atoms with Crippen LogP contribution in [0.25, 0.3) is 0 Å². The number of thiazole rings is 1. The van der Waals surface area contributed by atoms with Crippen molar-refractivity contribution in [1.82, 2.24) is 4.98 Å². The molecule has 0 aliphatic heterocycles. The highest BCUT2D eigenvalue weighted by atomic mass is 32.1. The summed E-state index contributed by atoms with van der Waals surface area (Å²) in [5.41, 5.74) is 1.04. The van der Waals surface area contributed by atoms with Crippen LogP contribution in [0.2, 0.25) is 0 Å². The Morgan fingerprint density at radius 2 is 2.14 bits per heavy atom. The fraction of sp³-hybridized carbons (Fsp3) is 0.375. The van der Waals surface area contributed by atoms with E-state index in [1.54, 1.807) is 18.4 Å². The van der Waals surface area contributed by atoms with Crippen molar-refractivity contribution in [3.8, 4) is 17.6 Å². The third kappa shape index (κ3) is 4.20. The van der Waals surface area contributed by atoms with Crippen molar-refractivity contribution in [1.29, 1.82) is 5.26 Å². The van der Waals surface area contributed by atoms with Crippen LogP contribution < -0.4 is 9.47 Å². The summed E-state index contributed by atoms with van der Waals surface area (Å²) < 4.78 is 10.9. The van der Waals surface area contributed by atoms with E-state index in [4.69, 9.17) is 14.7 Å². The molecule has 21 heavy (non-hydrogen) atoms. The molecule has 0 amide bonds. The van der Waals surface area contributed by atoms with Gasteiger partial charge in [-0.2, -0.15) is 5.26 Å². The lowest BCUT2D eigenvalue weighted by molar-refractivity contribution is 0.303. The Hall–Kier alpha value is -2.06. The zero-order chi connectivity index (χ0) is 15.1. The smallest absolute Gasteiger partial charge is 0.140 e. The van der Waals surface area contributed by atoms with Gasteiger partial charge >= 0.3 is 0 Å². The van der Waals surface area contributed by atoms with Gasteiger partial charge in [-0.3, -0.25) is 0 Å². The average Bonchev–Trinajstić information content (AvgIpc) is 2.88. The number of hydrogen-bond donors (Lipinski definition) is 0. The zero-order valence-corrected chi connectivity index (χ0v) is 13.1. The Morgan fingerprint density at radius 3 is 2.86 bits per heavy atom. The summed E-state index contributed by atoms with van der Waals surface area (Å²) in [7, 11) is 1.63. The highest BCUT2D eigenvalue weighted by Gasteiger charge is 2.11. The van der Waals surface area contributed by atoms with E-state index in [0.717, 1.165) is 39.9 Å². The number of aryl methyl sites for hydroxylation is 1. The fourth-order valence-corrected chi connectivity index (χ4v) is 2.94. The number of benzene rings is 1. The molecular weight excluding hydrogens is 284 g/mol. The van der Waals surface area contributed by atoms with Crippen LogP contribution in [0, 0.1) is 11.3 Å². The monoisotopic (exact) mass is 302 g/mol. The molecule has 0 N–H and O–H groups in total. The zero-order valence-electron chi connectivity index (χ0n) is 12.3. The van der Waals surface area contributed by atoms with Gasteiger partial charge in [-0.15, -0.1) is 11.3 Å². The molecule has 4 nitrogen and oxygen atoms in total. The highest BCUT2D eigenvalue weighted by molar-refractivity contribution is 7.11. The van der Waals surface area contributed by atoms with Gasteiger partial charge < -0.3 is 9.47 Å². The number of aromatic nitrogens is 1. The van der Waals surface area contributed by atoms with E-state index in [0.29, 0.717) is 13.0 Å². The van der Waals surface area contributed by atoms with Crippen molar-refractivity contribution in [2.75, 3.05) is 7.11 Å².